The zero-order chi connectivity index (χ0) is 16.9. The van der Waals surface area contributed by atoms with Crippen molar-refractivity contribution in [2.45, 2.75) is 6.92 Å². The molecule has 0 saturated heterocycles. The molecule has 0 aliphatic carbocycles. The Balaban J connectivity index is 1.99. The van der Waals surface area contributed by atoms with Crippen LogP contribution in [0.1, 0.15) is 5.56 Å². The van der Waals surface area contributed by atoms with Crippen molar-refractivity contribution < 1.29 is 4.92 Å². The van der Waals surface area contributed by atoms with E-state index >= 15 is 0 Å². The third-order valence-electron chi connectivity index (χ3n) is 3.19. The van der Waals surface area contributed by atoms with E-state index in [9.17, 15) is 10.1 Å². The molecule has 0 spiro atoms. The summed E-state index contributed by atoms with van der Waals surface area (Å²) >= 11 is 0. The maximum absolute atomic E-state index is 11.5. The molecule has 3 aromatic rings. The standard InChI is InChI=1S/C15H13N7O2/c1-10-3-2-6-17-13(10)21-15-12(22(23)24)14(18-9-19-15)20-11-4-7-16-8-5-11/h2-9H,1H3,(H2,16,17,18,19,20,21). The molecule has 3 rings (SSSR count). The van der Waals surface area contributed by atoms with Crippen LogP contribution in [-0.2, 0) is 0 Å². The van der Waals surface area contributed by atoms with Gasteiger partial charge in [0.25, 0.3) is 0 Å². The van der Waals surface area contributed by atoms with Crippen LogP contribution in [0.15, 0.2) is 49.2 Å². The van der Waals surface area contributed by atoms with E-state index < -0.39 is 4.92 Å². The smallest absolute Gasteiger partial charge is 0.334 e. The molecular formula is C15H13N7O2. The number of nitrogens with one attached hydrogen (secondary N) is 2. The molecule has 9 nitrogen and oxygen atoms in total. The van der Waals surface area contributed by atoms with Gasteiger partial charge in [-0.3, -0.25) is 15.1 Å². The predicted octanol–water partition coefficient (Wildman–Crippen LogP) is 2.97. The predicted molar refractivity (Wildman–Crippen MR) is 88.5 cm³/mol. The van der Waals surface area contributed by atoms with Gasteiger partial charge in [-0.2, -0.15) is 0 Å². The second-order valence-corrected chi connectivity index (χ2v) is 4.83. The van der Waals surface area contributed by atoms with Crippen LogP contribution >= 0.6 is 0 Å². The van der Waals surface area contributed by atoms with Crippen molar-refractivity contribution in [3.8, 4) is 0 Å². The van der Waals surface area contributed by atoms with E-state index in [0.717, 1.165) is 5.56 Å². The van der Waals surface area contributed by atoms with Crippen molar-refractivity contribution in [3.05, 3.63) is 64.9 Å². The van der Waals surface area contributed by atoms with E-state index in [1.54, 1.807) is 36.8 Å². The van der Waals surface area contributed by atoms with Crippen LogP contribution in [0.25, 0.3) is 0 Å². The maximum Gasteiger partial charge on any atom is 0.353 e. The maximum atomic E-state index is 11.5. The highest BCUT2D eigenvalue weighted by atomic mass is 16.6. The van der Waals surface area contributed by atoms with Crippen LogP contribution in [0.5, 0.6) is 0 Å². The van der Waals surface area contributed by atoms with E-state index in [4.69, 9.17) is 0 Å². The van der Waals surface area contributed by atoms with Crippen LogP contribution in [0.4, 0.5) is 28.8 Å². The van der Waals surface area contributed by atoms with Crippen molar-refractivity contribution in [1.82, 2.24) is 19.9 Å². The second kappa shape index (κ2) is 6.65. The lowest BCUT2D eigenvalue weighted by Crippen LogP contribution is -2.06. The fourth-order valence-electron chi connectivity index (χ4n) is 2.04. The van der Waals surface area contributed by atoms with Crippen molar-refractivity contribution >= 4 is 28.8 Å². The lowest BCUT2D eigenvalue weighted by Gasteiger charge is -2.10. The van der Waals surface area contributed by atoms with Gasteiger partial charge < -0.3 is 10.6 Å². The van der Waals surface area contributed by atoms with Crippen LogP contribution in [0.3, 0.4) is 0 Å². The number of nitrogens with zero attached hydrogens (tertiary/aromatic N) is 5. The van der Waals surface area contributed by atoms with Gasteiger partial charge in [-0.05, 0) is 30.7 Å². The third-order valence-corrected chi connectivity index (χ3v) is 3.19. The molecule has 120 valence electrons. The number of hydrogen-bond acceptors (Lipinski definition) is 8. The van der Waals surface area contributed by atoms with Gasteiger partial charge in [-0.1, -0.05) is 6.07 Å². The van der Waals surface area contributed by atoms with E-state index in [-0.39, 0.29) is 17.3 Å². The minimum absolute atomic E-state index is 0.0633. The summed E-state index contributed by atoms with van der Waals surface area (Å²) in [7, 11) is 0. The fourth-order valence-corrected chi connectivity index (χ4v) is 2.04. The first-order chi connectivity index (χ1) is 11.6. The summed E-state index contributed by atoms with van der Waals surface area (Å²) in [6.07, 6.45) is 5.99. The first kappa shape index (κ1) is 15.3. The Morgan fingerprint density at radius 3 is 2.33 bits per heavy atom. The summed E-state index contributed by atoms with van der Waals surface area (Å²) in [4.78, 5) is 27.0. The number of nitro groups is 1. The average molecular weight is 323 g/mol. The average Bonchev–Trinajstić information content (AvgIpc) is 2.58. The minimum atomic E-state index is -0.538. The van der Waals surface area contributed by atoms with E-state index in [1.165, 1.54) is 6.33 Å². The molecule has 3 heterocycles. The molecule has 0 radical (unpaired) electrons. The summed E-state index contributed by atoms with van der Waals surface area (Å²) < 4.78 is 0. The highest BCUT2D eigenvalue weighted by molar-refractivity contribution is 5.76. The van der Waals surface area contributed by atoms with Gasteiger partial charge in [-0.15, -0.1) is 0 Å². The highest BCUT2D eigenvalue weighted by Gasteiger charge is 2.23. The van der Waals surface area contributed by atoms with Gasteiger partial charge in [0.15, 0.2) is 0 Å². The third kappa shape index (κ3) is 3.24. The number of aromatic nitrogens is 4. The molecule has 0 atom stereocenters. The van der Waals surface area contributed by atoms with E-state index in [1.807, 2.05) is 13.0 Å². The molecule has 3 aromatic heterocycles. The quantitative estimate of drug-likeness (QED) is 0.543. The van der Waals surface area contributed by atoms with Crippen LogP contribution in [0, 0.1) is 17.0 Å². The zero-order valence-corrected chi connectivity index (χ0v) is 12.7. The van der Waals surface area contributed by atoms with Crippen LogP contribution in [-0.4, -0.2) is 24.9 Å². The Morgan fingerprint density at radius 2 is 1.67 bits per heavy atom. The lowest BCUT2D eigenvalue weighted by molar-refractivity contribution is -0.383. The summed E-state index contributed by atoms with van der Waals surface area (Å²) in [6.45, 7) is 1.85. The van der Waals surface area contributed by atoms with E-state index in [2.05, 4.69) is 30.6 Å². The number of pyridine rings is 2. The molecule has 0 amide bonds. The van der Waals surface area contributed by atoms with Crippen molar-refractivity contribution in [1.29, 1.82) is 0 Å². The summed E-state index contributed by atoms with van der Waals surface area (Å²) in [5, 5.41) is 17.3. The molecular weight excluding hydrogens is 310 g/mol. The largest absolute Gasteiger partial charge is 0.353 e. The Labute approximate surface area is 137 Å². The number of anilines is 4. The van der Waals surface area contributed by atoms with E-state index in [0.29, 0.717) is 11.5 Å². The first-order valence-electron chi connectivity index (χ1n) is 7.00. The minimum Gasteiger partial charge on any atom is -0.334 e. The molecule has 2 N–H and O–H groups in total. The summed E-state index contributed by atoms with van der Waals surface area (Å²) in [6, 6.07) is 6.99. The van der Waals surface area contributed by atoms with Crippen LogP contribution < -0.4 is 10.6 Å². The summed E-state index contributed by atoms with van der Waals surface area (Å²) in [5.41, 5.74) is 1.21. The molecule has 0 unspecified atom stereocenters. The van der Waals surface area contributed by atoms with Crippen molar-refractivity contribution in [2.75, 3.05) is 10.6 Å². The molecule has 0 aliphatic rings. The zero-order valence-electron chi connectivity index (χ0n) is 12.7. The topological polar surface area (TPSA) is 119 Å². The fraction of sp³-hybridized carbons (Fsp3) is 0.0667. The molecule has 0 aromatic carbocycles. The first-order valence-corrected chi connectivity index (χ1v) is 7.00. The molecule has 0 fully saturated rings. The SMILES string of the molecule is Cc1cccnc1Nc1ncnc(Nc2ccncc2)c1[N+](=O)[O-]. The Hall–Kier alpha value is -3.62. The Kier molecular flexibility index (Phi) is 4.23. The van der Waals surface area contributed by atoms with Gasteiger partial charge in [0.1, 0.15) is 12.1 Å². The van der Waals surface area contributed by atoms with Crippen LogP contribution in [0.2, 0.25) is 0 Å². The highest BCUT2D eigenvalue weighted by Crippen LogP contribution is 2.32. The van der Waals surface area contributed by atoms with Crippen molar-refractivity contribution in [3.63, 3.8) is 0 Å². The second-order valence-electron chi connectivity index (χ2n) is 4.83. The Morgan fingerprint density at radius 1 is 0.958 bits per heavy atom. The molecule has 0 bridgehead atoms. The van der Waals surface area contributed by atoms with Gasteiger partial charge in [-0.25, -0.2) is 15.0 Å². The summed E-state index contributed by atoms with van der Waals surface area (Å²) in [5.74, 6) is 0.639. The van der Waals surface area contributed by atoms with Gasteiger partial charge >= 0.3 is 5.69 Å². The normalized spacial score (nSPS) is 10.2. The molecule has 0 aliphatic heterocycles. The molecule has 24 heavy (non-hydrogen) atoms. The lowest BCUT2D eigenvalue weighted by atomic mass is 10.3. The van der Waals surface area contributed by atoms with Gasteiger partial charge in [0.2, 0.25) is 11.6 Å². The number of aryl methyl sites for hydroxylation is 1. The van der Waals surface area contributed by atoms with Gasteiger partial charge in [0.05, 0.1) is 4.92 Å². The van der Waals surface area contributed by atoms with Crippen molar-refractivity contribution in [2.24, 2.45) is 0 Å². The number of hydrogen-bond donors (Lipinski definition) is 2. The monoisotopic (exact) mass is 323 g/mol. The van der Waals surface area contributed by atoms with Gasteiger partial charge in [0, 0.05) is 24.3 Å². The molecule has 9 heteroatoms. The number of rotatable bonds is 5. The molecule has 0 saturated carbocycles. The Bertz CT molecular complexity index is 871.